The zero-order valence-electron chi connectivity index (χ0n) is 12.5. The van der Waals surface area contributed by atoms with E-state index in [1.807, 2.05) is 35.8 Å². The third-order valence-electron chi connectivity index (χ3n) is 2.41. The van der Waals surface area contributed by atoms with Crippen LogP contribution >= 0.6 is 0 Å². The summed E-state index contributed by atoms with van der Waals surface area (Å²) < 4.78 is 5.17. The third kappa shape index (κ3) is 7.17. The molecule has 0 aliphatic rings. The highest BCUT2D eigenvalue weighted by atomic mass is 16.6. The SMILES string of the molecule is CC(C)(C)OC(=O)N[C@@H](Cc1ccccc1)NC(=O)NN. The van der Waals surface area contributed by atoms with Gasteiger partial charge in [-0.15, -0.1) is 0 Å². The number of benzene rings is 1. The lowest BCUT2D eigenvalue weighted by Crippen LogP contribution is -2.54. The summed E-state index contributed by atoms with van der Waals surface area (Å²) in [7, 11) is 0. The van der Waals surface area contributed by atoms with Gasteiger partial charge in [0, 0.05) is 6.42 Å². The van der Waals surface area contributed by atoms with E-state index < -0.39 is 23.9 Å². The number of rotatable bonds is 4. The van der Waals surface area contributed by atoms with E-state index in [1.165, 1.54) is 0 Å². The minimum atomic E-state index is -0.634. The van der Waals surface area contributed by atoms with Gasteiger partial charge < -0.3 is 15.4 Å². The fraction of sp³-hybridized carbons (Fsp3) is 0.429. The van der Waals surface area contributed by atoms with Gasteiger partial charge in [0.15, 0.2) is 0 Å². The van der Waals surface area contributed by atoms with Crippen molar-refractivity contribution < 1.29 is 14.3 Å². The molecule has 0 aliphatic heterocycles. The lowest BCUT2D eigenvalue weighted by atomic mass is 10.1. The lowest BCUT2D eigenvalue weighted by Gasteiger charge is -2.24. The Labute approximate surface area is 124 Å². The molecule has 3 amide bonds. The minimum Gasteiger partial charge on any atom is -0.444 e. The quantitative estimate of drug-likeness (QED) is 0.290. The number of nitrogens with two attached hydrogens (primary N) is 1. The van der Waals surface area contributed by atoms with Gasteiger partial charge in [-0.05, 0) is 26.3 Å². The number of alkyl carbamates (subject to hydrolysis) is 1. The topological polar surface area (TPSA) is 105 Å². The number of ether oxygens (including phenoxy) is 1. The largest absolute Gasteiger partial charge is 0.444 e. The molecule has 1 atom stereocenters. The molecule has 0 saturated carbocycles. The highest BCUT2D eigenvalue weighted by Crippen LogP contribution is 2.07. The molecule has 1 rings (SSSR count). The molecule has 0 saturated heterocycles. The molecule has 0 heterocycles. The molecule has 0 bridgehead atoms. The molecule has 0 spiro atoms. The smallest absolute Gasteiger partial charge is 0.409 e. The molecule has 7 heteroatoms. The first-order valence-corrected chi connectivity index (χ1v) is 6.61. The normalized spacial score (nSPS) is 12.2. The van der Waals surface area contributed by atoms with Crippen molar-refractivity contribution in [1.29, 1.82) is 0 Å². The maximum Gasteiger partial charge on any atom is 0.409 e. The zero-order valence-corrected chi connectivity index (χ0v) is 12.5. The van der Waals surface area contributed by atoms with E-state index in [4.69, 9.17) is 10.6 Å². The summed E-state index contributed by atoms with van der Waals surface area (Å²) in [6, 6.07) is 8.84. The number of urea groups is 1. The predicted molar refractivity (Wildman–Crippen MR) is 79.2 cm³/mol. The molecule has 0 aliphatic carbocycles. The molecular formula is C14H22N4O3. The van der Waals surface area contributed by atoms with Crippen LogP contribution in [0.5, 0.6) is 0 Å². The first-order chi connectivity index (χ1) is 9.80. The van der Waals surface area contributed by atoms with Gasteiger partial charge in [0.05, 0.1) is 0 Å². The number of carbonyl (C=O) groups is 2. The highest BCUT2D eigenvalue weighted by Gasteiger charge is 2.20. The summed E-state index contributed by atoms with van der Waals surface area (Å²) in [6.45, 7) is 5.29. The molecule has 0 aromatic heterocycles. The molecule has 0 unspecified atom stereocenters. The number of amides is 3. The Morgan fingerprint density at radius 2 is 1.81 bits per heavy atom. The van der Waals surface area contributed by atoms with Crippen molar-refractivity contribution in [1.82, 2.24) is 16.1 Å². The van der Waals surface area contributed by atoms with Crippen LogP contribution in [-0.2, 0) is 11.2 Å². The summed E-state index contributed by atoms with van der Waals surface area (Å²) in [5.74, 6) is 5.04. The second-order valence-corrected chi connectivity index (χ2v) is 5.51. The van der Waals surface area contributed by atoms with E-state index >= 15 is 0 Å². The monoisotopic (exact) mass is 294 g/mol. The van der Waals surface area contributed by atoms with Gasteiger partial charge in [-0.1, -0.05) is 30.3 Å². The molecule has 1 aromatic rings. The van der Waals surface area contributed by atoms with Gasteiger partial charge in [0.2, 0.25) is 0 Å². The minimum absolute atomic E-state index is 0.410. The summed E-state index contributed by atoms with van der Waals surface area (Å²) >= 11 is 0. The van der Waals surface area contributed by atoms with Crippen molar-refractivity contribution in [3.63, 3.8) is 0 Å². The van der Waals surface area contributed by atoms with Crippen molar-refractivity contribution in [3.8, 4) is 0 Å². The Morgan fingerprint density at radius 1 is 1.19 bits per heavy atom. The molecule has 116 valence electrons. The molecule has 7 nitrogen and oxygen atoms in total. The van der Waals surface area contributed by atoms with Crippen LogP contribution in [0.4, 0.5) is 9.59 Å². The van der Waals surface area contributed by atoms with Crippen molar-refractivity contribution in [2.24, 2.45) is 5.84 Å². The van der Waals surface area contributed by atoms with E-state index in [1.54, 1.807) is 20.8 Å². The highest BCUT2D eigenvalue weighted by molar-refractivity contribution is 5.75. The second kappa shape index (κ2) is 7.49. The van der Waals surface area contributed by atoms with Gasteiger partial charge in [0.1, 0.15) is 11.8 Å². The second-order valence-electron chi connectivity index (χ2n) is 5.51. The number of hydrogen-bond donors (Lipinski definition) is 4. The lowest BCUT2D eigenvalue weighted by molar-refractivity contribution is 0.0498. The van der Waals surface area contributed by atoms with Gasteiger partial charge in [-0.3, -0.25) is 5.43 Å². The standard InChI is InChI=1S/C14H22N4O3/c1-14(2,3)21-13(20)17-11(16-12(19)18-15)9-10-7-5-4-6-8-10/h4-8,11H,9,15H2,1-3H3,(H,17,20)(H2,16,18,19)/t11-/m0/s1. The van der Waals surface area contributed by atoms with Gasteiger partial charge in [-0.2, -0.15) is 0 Å². The molecule has 5 N–H and O–H groups in total. The Balaban J connectivity index is 2.68. The Kier molecular flexibility index (Phi) is 5.98. The van der Waals surface area contributed by atoms with E-state index in [2.05, 4.69) is 10.6 Å². The van der Waals surface area contributed by atoms with Gasteiger partial charge >= 0.3 is 12.1 Å². The van der Waals surface area contributed by atoms with Crippen LogP contribution in [0.3, 0.4) is 0 Å². The van der Waals surface area contributed by atoms with Crippen molar-refractivity contribution in [2.45, 2.75) is 39.0 Å². The van der Waals surface area contributed by atoms with Crippen LogP contribution in [0.2, 0.25) is 0 Å². The van der Waals surface area contributed by atoms with Crippen LogP contribution in [0.25, 0.3) is 0 Å². The maximum absolute atomic E-state index is 11.8. The first kappa shape index (κ1) is 16.8. The Hall–Kier alpha value is -2.28. The van der Waals surface area contributed by atoms with Crippen LogP contribution < -0.4 is 21.9 Å². The van der Waals surface area contributed by atoms with E-state index in [-0.39, 0.29) is 0 Å². The fourth-order valence-electron chi connectivity index (χ4n) is 1.64. The molecular weight excluding hydrogens is 272 g/mol. The molecule has 0 radical (unpaired) electrons. The average Bonchev–Trinajstić information content (AvgIpc) is 2.37. The summed E-state index contributed by atoms with van der Waals surface area (Å²) in [6.07, 6.45) is -0.834. The van der Waals surface area contributed by atoms with E-state index in [9.17, 15) is 9.59 Å². The number of hydrazine groups is 1. The fourth-order valence-corrected chi connectivity index (χ4v) is 1.64. The van der Waals surface area contributed by atoms with Crippen LogP contribution in [-0.4, -0.2) is 23.9 Å². The number of carbonyl (C=O) groups excluding carboxylic acids is 2. The van der Waals surface area contributed by atoms with Crippen molar-refractivity contribution in [2.75, 3.05) is 0 Å². The van der Waals surface area contributed by atoms with Gasteiger partial charge in [0.25, 0.3) is 0 Å². The third-order valence-corrected chi connectivity index (χ3v) is 2.41. The predicted octanol–water partition coefficient (Wildman–Crippen LogP) is 1.25. The van der Waals surface area contributed by atoms with Crippen LogP contribution in [0, 0.1) is 0 Å². The first-order valence-electron chi connectivity index (χ1n) is 6.61. The Bertz CT molecular complexity index is 471. The van der Waals surface area contributed by atoms with Crippen LogP contribution in [0.15, 0.2) is 30.3 Å². The van der Waals surface area contributed by atoms with Gasteiger partial charge in [-0.25, -0.2) is 15.4 Å². The summed E-state index contributed by atoms with van der Waals surface area (Å²) in [4.78, 5) is 23.1. The van der Waals surface area contributed by atoms with Crippen LogP contribution in [0.1, 0.15) is 26.3 Å². The zero-order chi connectivity index (χ0) is 15.9. The summed E-state index contributed by atoms with van der Waals surface area (Å²) in [5, 5.41) is 5.14. The van der Waals surface area contributed by atoms with Crippen molar-refractivity contribution in [3.05, 3.63) is 35.9 Å². The average molecular weight is 294 g/mol. The van der Waals surface area contributed by atoms with Crippen molar-refractivity contribution >= 4 is 12.1 Å². The maximum atomic E-state index is 11.8. The van der Waals surface area contributed by atoms with E-state index in [0.29, 0.717) is 6.42 Å². The molecule has 0 fully saturated rings. The Morgan fingerprint density at radius 3 is 2.33 bits per heavy atom. The molecule has 21 heavy (non-hydrogen) atoms. The number of hydrogen-bond acceptors (Lipinski definition) is 4. The summed E-state index contributed by atoms with van der Waals surface area (Å²) in [5.41, 5.74) is 2.30. The number of nitrogens with one attached hydrogen (secondary N) is 3. The van der Waals surface area contributed by atoms with E-state index in [0.717, 1.165) is 5.56 Å². The molecule has 1 aromatic carbocycles.